The van der Waals surface area contributed by atoms with Crippen LogP contribution in [0.2, 0.25) is 0 Å². The summed E-state index contributed by atoms with van der Waals surface area (Å²) < 4.78 is 12.9. The minimum Gasteiger partial charge on any atom is -0.479 e. The Morgan fingerprint density at radius 1 is 1.33 bits per heavy atom. The van der Waals surface area contributed by atoms with Crippen LogP contribution in [0, 0.1) is 5.82 Å². The monoisotopic (exact) mass is 293 g/mol. The molecule has 1 heterocycles. The highest BCUT2D eigenvalue weighted by Crippen LogP contribution is 2.34. The minimum atomic E-state index is -1.06. The average Bonchev–Trinajstić information content (AvgIpc) is 2.87. The molecule has 1 fully saturated rings. The second-order valence-electron chi connectivity index (χ2n) is 5.54. The maximum atomic E-state index is 12.9. The summed E-state index contributed by atoms with van der Waals surface area (Å²) >= 11 is 0. The predicted molar refractivity (Wildman–Crippen MR) is 76.3 cm³/mol. The van der Waals surface area contributed by atoms with Crippen LogP contribution in [0.4, 0.5) is 4.39 Å². The van der Waals surface area contributed by atoms with Crippen molar-refractivity contribution in [3.8, 4) is 0 Å². The number of benzene rings is 1. The number of hydrogen-bond acceptors (Lipinski definition) is 2. The van der Waals surface area contributed by atoms with Crippen LogP contribution in [0.1, 0.15) is 38.2 Å². The predicted octanol–water partition coefficient (Wildman–Crippen LogP) is 2.61. The fourth-order valence-electron chi connectivity index (χ4n) is 3.12. The van der Waals surface area contributed by atoms with Gasteiger partial charge < -0.3 is 10.0 Å². The molecule has 1 unspecified atom stereocenters. The Morgan fingerprint density at radius 2 is 2.00 bits per heavy atom. The van der Waals surface area contributed by atoms with Crippen LogP contribution >= 0.6 is 0 Å². The summed E-state index contributed by atoms with van der Waals surface area (Å²) in [4.78, 5) is 25.6. The van der Waals surface area contributed by atoms with Crippen molar-refractivity contribution in [2.45, 2.75) is 44.6 Å². The van der Waals surface area contributed by atoms with Crippen LogP contribution in [0.3, 0.4) is 0 Å². The molecule has 0 bridgehead atoms. The molecule has 1 N–H and O–H groups in total. The molecule has 2 rings (SSSR count). The van der Waals surface area contributed by atoms with E-state index in [4.69, 9.17) is 0 Å². The lowest BCUT2D eigenvalue weighted by Gasteiger charge is -2.34. The van der Waals surface area contributed by atoms with Crippen molar-refractivity contribution in [1.29, 1.82) is 0 Å². The van der Waals surface area contributed by atoms with Crippen LogP contribution < -0.4 is 0 Å². The summed E-state index contributed by atoms with van der Waals surface area (Å²) in [7, 11) is 0. The van der Waals surface area contributed by atoms with Crippen LogP contribution in [-0.2, 0) is 16.0 Å². The first-order valence-electron chi connectivity index (χ1n) is 7.28. The third kappa shape index (κ3) is 3.06. The molecule has 1 aliphatic rings. The SMILES string of the molecule is CCCC1(C(=O)O)CCCN1C(=O)Cc1ccc(F)cc1. The second-order valence-corrected chi connectivity index (χ2v) is 5.54. The summed E-state index contributed by atoms with van der Waals surface area (Å²) in [6.07, 6.45) is 2.51. The van der Waals surface area contributed by atoms with Gasteiger partial charge in [0.1, 0.15) is 11.4 Å². The Labute approximate surface area is 123 Å². The van der Waals surface area contributed by atoms with E-state index in [9.17, 15) is 19.1 Å². The number of nitrogens with zero attached hydrogens (tertiary/aromatic N) is 1. The van der Waals surface area contributed by atoms with Gasteiger partial charge in [-0.25, -0.2) is 9.18 Å². The number of carboxylic acid groups (broad SMARTS) is 1. The lowest BCUT2D eigenvalue weighted by Crippen LogP contribution is -2.53. The molecule has 1 aromatic rings. The third-order valence-electron chi connectivity index (χ3n) is 4.12. The van der Waals surface area contributed by atoms with Gasteiger partial charge in [0.15, 0.2) is 0 Å². The maximum absolute atomic E-state index is 12.9. The van der Waals surface area contributed by atoms with E-state index >= 15 is 0 Å². The molecule has 0 aromatic heterocycles. The van der Waals surface area contributed by atoms with Crippen molar-refractivity contribution >= 4 is 11.9 Å². The van der Waals surface area contributed by atoms with Gasteiger partial charge in [-0.15, -0.1) is 0 Å². The molecule has 0 saturated carbocycles. The van der Waals surface area contributed by atoms with Crippen molar-refractivity contribution in [2.75, 3.05) is 6.54 Å². The third-order valence-corrected chi connectivity index (χ3v) is 4.12. The summed E-state index contributed by atoms with van der Waals surface area (Å²) in [5.74, 6) is -1.47. The number of halogens is 1. The van der Waals surface area contributed by atoms with E-state index < -0.39 is 11.5 Å². The van der Waals surface area contributed by atoms with Crippen LogP contribution in [-0.4, -0.2) is 34.0 Å². The fraction of sp³-hybridized carbons (Fsp3) is 0.500. The average molecular weight is 293 g/mol. The molecule has 114 valence electrons. The molecule has 0 radical (unpaired) electrons. The summed E-state index contributed by atoms with van der Waals surface area (Å²) in [6.45, 7) is 2.40. The lowest BCUT2D eigenvalue weighted by molar-refractivity contribution is -0.156. The molecule has 1 atom stereocenters. The number of rotatable bonds is 5. The highest BCUT2D eigenvalue weighted by atomic mass is 19.1. The fourth-order valence-corrected chi connectivity index (χ4v) is 3.12. The van der Waals surface area contributed by atoms with Gasteiger partial charge in [0.25, 0.3) is 0 Å². The van der Waals surface area contributed by atoms with Gasteiger partial charge >= 0.3 is 5.97 Å². The molecular weight excluding hydrogens is 273 g/mol. The maximum Gasteiger partial charge on any atom is 0.329 e. The normalized spacial score (nSPS) is 21.5. The standard InChI is InChI=1S/C16H20FNO3/c1-2-8-16(15(20)21)9-3-10-18(16)14(19)11-12-4-6-13(17)7-5-12/h4-7H,2-3,8-11H2,1H3,(H,20,21). The lowest BCUT2D eigenvalue weighted by atomic mass is 9.90. The molecule has 4 nitrogen and oxygen atoms in total. The Morgan fingerprint density at radius 3 is 2.57 bits per heavy atom. The van der Waals surface area contributed by atoms with E-state index in [1.54, 1.807) is 12.1 Å². The number of carboxylic acids is 1. The Kier molecular flexibility index (Phi) is 4.60. The number of hydrogen-bond donors (Lipinski definition) is 1. The van der Waals surface area contributed by atoms with Crippen molar-refractivity contribution in [2.24, 2.45) is 0 Å². The quantitative estimate of drug-likeness (QED) is 0.908. The molecule has 0 spiro atoms. The zero-order chi connectivity index (χ0) is 15.5. The zero-order valence-corrected chi connectivity index (χ0v) is 12.1. The molecule has 5 heteroatoms. The molecule has 1 aliphatic heterocycles. The van der Waals surface area contributed by atoms with Gasteiger partial charge in [-0.2, -0.15) is 0 Å². The minimum absolute atomic E-state index is 0.110. The van der Waals surface area contributed by atoms with Crippen molar-refractivity contribution in [3.05, 3.63) is 35.6 Å². The molecule has 0 aliphatic carbocycles. The first-order chi connectivity index (χ1) is 9.99. The smallest absolute Gasteiger partial charge is 0.329 e. The Hall–Kier alpha value is -1.91. The van der Waals surface area contributed by atoms with Crippen LogP contribution in [0.15, 0.2) is 24.3 Å². The molecule has 1 saturated heterocycles. The topological polar surface area (TPSA) is 57.6 Å². The van der Waals surface area contributed by atoms with E-state index in [1.165, 1.54) is 17.0 Å². The van der Waals surface area contributed by atoms with E-state index in [0.717, 1.165) is 0 Å². The van der Waals surface area contributed by atoms with Gasteiger partial charge in [0, 0.05) is 6.54 Å². The molecular formula is C16H20FNO3. The highest BCUT2D eigenvalue weighted by molar-refractivity contribution is 5.88. The van der Waals surface area contributed by atoms with E-state index in [2.05, 4.69) is 0 Å². The summed E-state index contributed by atoms with van der Waals surface area (Å²) in [5, 5.41) is 9.57. The highest BCUT2D eigenvalue weighted by Gasteiger charge is 2.48. The van der Waals surface area contributed by atoms with Crippen molar-refractivity contribution in [1.82, 2.24) is 4.90 Å². The van der Waals surface area contributed by atoms with Gasteiger partial charge in [-0.3, -0.25) is 4.79 Å². The number of carbonyl (C=O) groups is 2. The first-order valence-corrected chi connectivity index (χ1v) is 7.28. The summed E-state index contributed by atoms with van der Waals surface area (Å²) in [5.41, 5.74) is -0.365. The van der Waals surface area contributed by atoms with E-state index in [-0.39, 0.29) is 18.1 Å². The van der Waals surface area contributed by atoms with Gasteiger partial charge in [0.2, 0.25) is 5.91 Å². The van der Waals surface area contributed by atoms with Gasteiger partial charge in [-0.1, -0.05) is 25.5 Å². The zero-order valence-electron chi connectivity index (χ0n) is 12.1. The molecule has 1 aromatic carbocycles. The molecule has 1 amide bonds. The second kappa shape index (κ2) is 6.24. The number of aliphatic carboxylic acids is 1. The number of likely N-dealkylation sites (tertiary alicyclic amines) is 1. The number of carbonyl (C=O) groups excluding carboxylic acids is 1. The van der Waals surface area contributed by atoms with Crippen LogP contribution in [0.25, 0.3) is 0 Å². The van der Waals surface area contributed by atoms with Gasteiger partial charge in [0.05, 0.1) is 6.42 Å². The number of amides is 1. The Balaban J connectivity index is 2.16. The van der Waals surface area contributed by atoms with E-state index in [1.807, 2.05) is 6.92 Å². The van der Waals surface area contributed by atoms with Crippen LogP contribution in [0.5, 0.6) is 0 Å². The van der Waals surface area contributed by atoms with E-state index in [0.29, 0.717) is 37.8 Å². The Bertz CT molecular complexity index is 529. The van der Waals surface area contributed by atoms with Crippen molar-refractivity contribution in [3.63, 3.8) is 0 Å². The molecule has 21 heavy (non-hydrogen) atoms. The summed E-state index contributed by atoms with van der Waals surface area (Å²) in [6, 6.07) is 5.74. The first kappa shape index (κ1) is 15.5. The van der Waals surface area contributed by atoms with Crippen molar-refractivity contribution < 1.29 is 19.1 Å². The largest absolute Gasteiger partial charge is 0.479 e. The van der Waals surface area contributed by atoms with Gasteiger partial charge in [-0.05, 0) is 37.0 Å².